The predicted molar refractivity (Wildman–Crippen MR) is 91.1 cm³/mol. The standard InChI is InChI=1S/C13H15N5O4S2/c14-9-1-5-11(6-2-9)23(19,20)17-10-3-7-12(8-4-10)24(21,22)18-13(15)16/h1-8,17H,14H2,(H4,15,16,18). The van der Waals surface area contributed by atoms with Gasteiger partial charge in [0.15, 0.2) is 0 Å². The Hall–Kier alpha value is -2.79. The predicted octanol–water partition coefficient (Wildman–Crippen LogP) is 0.0317. The minimum Gasteiger partial charge on any atom is -0.399 e. The Kier molecular flexibility index (Phi) is 4.66. The number of benzene rings is 2. The van der Waals surface area contributed by atoms with E-state index in [9.17, 15) is 16.8 Å². The molecule has 24 heavy (non-hydrogen) atoms. The second-order valence-electron chi connectivity index (χ2n) is 4.69. The molecule has 0 unspecified atom stereocenters. The van der Waals surface area contributed by atoms with Gasteiger partial charge < -0.3 is 17.2 Å². The molecule has 0 amide bonds. The third-order valence-electron chi connectivity index (χ3n) is 2.82. The second-order valence-corrected chi connectivity index (χ2v) is 7.98. The average Bonchev–Trinajstić information content (AvgIpc) is 2.46. The Labute approximate surface area is 139 Å². The number of hydrogen-bond acceptors (Lipinski definition) is 5. The zero-order chi connectivity index (χ0) is 18.0. The van der Waals surface area contributed by atoms with E-state index < -0.39 is 26.0 Å². The van der Waals surface area contributed by atoms with Gasteiger partial charge in [0.1, 0.15) is 0 Å². The molecular formula is C13H15N5O4S2. The molecule has 0 saturated heterocycles. The van der Waals surface area contributed by atoms with Crippen LogP contribution in [0.4, 0.5) is 11.4 Å². The van der Waals surface area contributed by atoms with Crippen LogP contribution in [0.15, 0.2) is 62.7 Å². The van der Waals surface area contributed by atoms with Gasteiger partial charge >= 0.3 is 0 Å². The number of rotatable bonds is 5. The van der Waals surface area contributed by atoms with Gasteiger partial charge in [0.2, 0.25) is 5.96 Å². The molecule has 0 radical (unpaired) electrons. The van der Waals surface area contributed by atoms with Crippen LogP contribution in [0.25, 0.3) is 0 Å². The molecule has 0 atom stereocenters. The summed E-state index contributed by atoms with van der Waals surface area (Å²) in [7, 11) is -7.85. The van der Waals surface area contributed by atoms with Gasteiger partial charge in [-0.1, -0.05) is 0 Å². The van der Waals surface area contributed by atoms with E-state index in [1.807, 2.05) is 0 Å². The number of nitrogen functional groups attached to an aromatic ring is 1. The van der Waals surface area contributed by atoms with Gasteiger partial charge in [-0.15, -0.1) is 4.40 Å². The summed E-state index contributed by atoms with van der Waals surface area (Å²) in [6.45, 7) is 0. The molecule has 0 aliphatic carbocycles. The van der Waals surface area contributed by atoms with Gasteiger partial charge in [-0.2, -0.15) is 8.42 Å². The lowest BCUT2D eigenvalue weighted by molar-refractivity contribution is 0.597. The molecule has 0 fully saturated rings. The third-order valence-corrected chi connectivity index (χ3v) is 5.54. The maximum Gasteiger partial charge on any atom is 0.285 e. The zero-order valence-corrected chi connectivity index (χ0v) is 13.9. The number of anilines is 2. The van der Waals surface area contributed by atoms with Gasteiger partial charge in [-0.25, -0.2) is 8.42 Å². The summed E-state index contributed by atoms with van der Waals surface area (Å²) in [6, 6.07) is 10.6. The molecule has 128 valence electrons. The van der Waals surface area contributed by atoms with Gasteiger partial charge in [0.25, 0.3) is 20.0 Å². The molecule has 11 heteroatoms. The monoisotopic (exact) mass is 369 g/mol. The summed E-state index contributed by atoms with van der Waals surface area (Å²) in [6.07, 6.45) is 0. The van der Waals surface area contributed by atoms with E-state index in [1.165, 1.54) is 48.5 Å². The minimum atomic E-state index is -4.03. The number of hydrogen-bond donors (Lipinski definition) is 4. The highest BCUT2D eigenvalue weighted by molar-refractivity contribution is 7.92. The van der Waals surface area contributed by atoms with Crippen molar-refractivity contribution in [1.82, 2.24) is 0 Å². The normalized spacial score (nSPS) is 11.7. The first-order valence-electron chi connectivity index (χ1n) is 6.44. The first kappa shape index (κ1) is 17.6. The molecule has 7 N–H and O–H groups in total. The highest BCUT2D eigenvalue weighted by Crippen LogP contribution is 2.20. The van der Waals surface area contributed by atoms with Gasteiger partial charge in [-0.05, 0) is 48.5 Å². The lowest BCUT2D eigenvalue weighted by atomic mass is 10.3. The summed E-state index contributed by atoms with van der Waals surface area (Å²) in [5.74, 6) is -0.594. The maximum absolute atomic E-state index is 12.2. The van der Waals surface area contributed by atoms with Crippen LogP contribution < -0.4 is 21.9 Å². The van der Waals surface area contributed by atoms with E-state index in [0.29, 0.717) is 5.69 Å². The smallest absolute Gasteiger partial charge is 0.285 e. The van der Waals surface area contributed by atoms with E-state index >= 15 is 0 Å². The summed E-state index contributed by atoms with van der Waals surface area (Å²) in [5.41, 5.74) is 16.2. The molecule has 0 spiro atoms. The van der Waals surface area contributed by atoms with E-state index in [2.05, 4.69) is 9.12 Å². The van der Waals surface area contributed by atoms with Crippen molar-refractivity contribution < 1.29 is 16.8 Å². The molecule has 2 rings (SSSR count). The summed E-state index contributed by atoms with van der Waals surface area (Å²) >= 11 is 0. The Morgan fingerprint density at radius 3 is 1.83 bits per heavy atom. The molecule has 0 aromatic heterocycles. The van der Waals surface area contributed by atoms with Crippen LogP contribution in [-0.4, -0.2) is 22.8 Å². The summed E-state index contributed by atoms with van der Waals surface area (Å²) in [4.78, 5) is -0.153. The lowest BCUT2D eigenvalue weighted by Crippen LogP contribution is -2.24. The van der Waals surface area contributed by atoms with Crippen molar-refractivity contribution in [1.29, 1.82) is 0 Å². The van der Waals surface area contributed by atoms with Crippen molar-refractivity contribution in [2.45, 2.75) is 9.79 Å². The number of nitrogens with zero attached hydrogens (tertiary/aromatic N) is 1. The quantitative estimate of drug-likeness (QED) is 0.327. The van der Waals surface area contributed by atoms with E-state index in [1.54, 1.807) is 0 Å². The molecule has 0 aliphatic rings. The van der Waals surface area contributed by atoms with Crippen molar-refractivity contribution in [2.75, 3.05) is 10.5 Å². The first-order valence-corrected chi connectivity index (χ1v) is 9.37. The van der Waals surface area contributed by atoms with Crippen molar-refractivity contribution in [3.05, 3.63) is 48.5 Å². The van der Waals surface area contributed by atoms with Crippen LogP contribution in [0.3, 0.4) is 0 Å². The Morgan fingerprint density at radius 2 is 1.33 bits per heavy atom. The van der Waals surface area contributed by atoms with E-state index in [0.717, 1.165) is 0 Å². The first-order chi connectivity index (χ1) is 11.1. The van der Waals surface area contributed by atoms with Crippen LogP contribution in [-0.2, 0) is 20.0 Å². The van der Waals surface area contributed by atoms with Crippen LogP contribution in [0.5, 0.6) is 0 Å². The largest absolute Gasteiger partial charge is 0.399 e. The van der Waals surface area contributed by atoms with Crippen molar-refractivity contribution in [2.24, 2.45) is 15.9 Å². The zero-order valence-electron chi connectivity index (χ0n) is 12.2. The highest BCUT2D eigenvalue weighted by Gasteiger charge is 2.16. The van der Waals surface area contributed by atoms with Crippen molar-refractivity contribution in [3.63, 3.8) is 0 Å². The molecular weight excluding hydrogens is 354 g/mol. The Morgan fingerprint density at radius 1 is 0.833 bits per heavy atom. The topological polar surface area (TPSA) is 171 Å². The molecule has 0 aliphatic heterocycles. The van der Waals surface area contributed by atoms with Crippen LogP contribution in [0, 0.1) is 0 Å². The summed E-state index contributed by atoms with van der Waals surface area (Å²) < 4.78 is 53.5. The van der Waals surface area contributed by atoms with Crippen LogP contribution in [0.1, 0.15) is 0 Å². The fourth-order valence-electron chi connectivity index (χ4n) is 1.75. The van der Waals surface area contributed by atoms with E-state index in [-0.39, 0.29) is 15.5 Å². The van der Waals surface area contributed by atoms with Crippen LogP contribution in [0.2, 0.25) is 0 Å². The van der Waals surface area contributed by atoms with Crippen molar-refractivity contribution in [3.8, 4) is 0 Å². The minimum absolute atomic E-state index is 0.0221. The van der Waals surface area contributed by atoms with Gasteiger partial charge in [-0.3, -0.25) is 4.72 Å². The van der Waals surface area contributed by atoms with Crippen LogP contribution >= 0.6 is 0 Å². The van der Waals surface area contributed by atoms with Gasteiger partial charge in [0.05, 0.1) is 9.79 Å². The molecule has 0 heterocycles. The third kappa shape index (κ3) is 4.14. The number of sulfonamides is 2. The molecule has 2 aromatic rings. The SMILES string of the molecule is NC(N)=NS(=O)(=O)c1ccc(NS(=O)(=O)c2ccc(N)cc2)cc1. The number of nitrogens with one attached hydrogen (secondary N) is 1. The Bertz CT molecular complexity index is 962. The number of guanidine groups is 1. The Balaban J connectivity index is 2.26. The summed E-state index contributed by atoms with van der Waals surface area (Å²) in [5, 5.41) is 0. The molecule has 0 saturated carbocycles. The fraction of sp³-hybridized carbons (Fsp3) is 0. The molecule has 2 aromatic carbocycles. The van der Waals surface area contributed by atoms with Crippen molar-refractivity contribution >= 4 is 37.4 Å². The highest BCUT2D eigenvalue weighted by atomic mass is 32.2. The van der Waals surface area contributed by atoms with E-state index in [4.69, 9.17) is 17.2 Å². The molecule has 0 bridgehead atoms. The second kappa shape index (κ2) is 6.37. The fourth-order valence-corrected chi connectivity index (χ4v) is 3.67. The molecule has 9 nitrogen and oxygen atoms in total. The average molecular weight is 369 g/mol. The maximum atomic E-state index is 12.2. The number of nitrogens with two attached hydrogens (primary N) is 3. The lowest BCUT2D eigenvalue weighted by Gasteiger charge is -2.09. The van der Waals surface area contributed by atoms with Gasteiger partial charge in [0, 0.05) is 11.4 Å².